The van der Waals surface area contributed by atoms with E-state index in [1.165, 1.54) is 13.1 Å². The van der Waals surface area contributed by atoms with Gasteiger partial charge in [-0.2, -0.15) is 5.10 Å². The molecular formula is C30H29N3O5. The Bertz CT molecular complexity index is 1460. The Hall–Kier alpha value is -4.72. The lowest BCUT2D eigenvalue weighted by atomic mass is 10.0. The van der Waals surface area contributed by atoms with E-state index in [2.05, 4.69) is 17.5 Å². The van der Waals surface area contributed by atoms with Gasteiger partial charge in [0.2, 0.25) is 0 Å². The lowest BCUT2D eigenvalue weighted by Gasteiger charge is -2.10. The highest BCUT2D eigenvalue weighted by molar-refractivity contribution is 6.07. The quantitative estimate of drug-likeness (QED) is 0.171. The molecule has 8 nitrogen and oxygen atoms in total. The number of ether oxygens (including phenoxy) is 3. The van der Waals surface area contributed by atoms with Gasteiger partial charge in [-0.15, -0.1) is 0 Å². The molecule has 0 aliphatic carbocycles. The molecule has 1 N–H and O–H groups in total. The minimum absolute atomic E-state index is 0.0734. The van der Waals surface area contributed by atoms with Gasteiger partial charge in [0.05, 0.1) is 36.7 Å². The van der Waals surface area contributed by atoms with Gasteiger partial charge >= 0.3 is 5.97 Å². The molecule has 0 aliphatic heterocycles. The van der Waals surface area contributed by atoms with Crippen molar-refractivity contribution < 1.29 is 23.8 Å². The third-order valence-electron chi connectivity index (χ3n) is 5.70. The number of hydrogen-bond acceptors (Lipinski definition) is 7. The van der Waals surface area contributed by atoms with Crippen LogP contribution in [0.15, 0.2) is 77.9 Å². The second kappa shape index (κ2) is 12.5. The number of nitrogens with one attached hydrogen (secondary N) is 1. The van der Waals surface area contributed by atoms with Crippen LogP contribution >= 0.6 is 0 Å². The van der Waals surface area contributed by atoms with Gasteiger partial charge in [0, 0.05) is 23.4 Å². The number of pyridine rings is 1. The molecule has 3 aromatic carbocycles. The van der Waals surface area contributed by atoms with Crippen molar-refractivity contribution in [3.05, 3.63) is 89.5 Å². The van der Waals surface area contributed by atoms with Crippen LogP contribution in [-0.4, -0.2) is 36.8 Å². The normalized spacial score (nSPS) is 10.9. The highest BCUT2D eigenvalue weighted by atomic mass is 16.5. The van der Waals surface area contributed by atoms with E-state index >= 15 is 0 Å². The van der Waals surface area contributed by atoms with E-state index in [0.29, 0.717) is 40.3 Å². The number of hydrazone groups is 1. The topological polar surface area (TPSA) is 99.1 Å². The summed E-state index contributed by atoms with van der Waals surface area (Å²) in [5.41, 5.74) is 6.72. The molecule has 1 heterocycles. The fraction of sp³-hybridized carbons (Fsp3) is 0.200. The fourth-order valence-corrected chi connectivity index (χ4v) is 3.85. The van der Waals surface area contributed by atoms with Crippen LogP contribution in [0.2, 0.25) is 0 Å². The van der Waals surface area contributed by atoms with Crippen LogP contribution in [0.1, 0.15) is 41.8 Å². The zero-order valence-electron chi connectivity index (χ0n) is 21.6. The summed E-state index contributed by atoms with van der Waals surface area (Å²) in [5.74, 6) is 0.632. The molecule has 0 saturated carbocycles. The smallest absolute Gasteiger partial charge is 0.302 e. The van der Waals surface area contributed by atoms with E-state index < -0.39 is 0 Å². The third kappa shape index (κ3) is 6.53. The second-order valence-electron chi connectivity index (χ2n) is 8.50. The number of para-hydroxylation sites is 1. The Kier molecular flexibility index (Phi) is 8.66. The van der Waals surface area contributed by atoms with E-state index in [4.69, 9.17) is 19.2 Å². The number of nitrogens with zero attached hydrogens (tertiary/aromatic N) is 2. The van der Waals surface area contributed by atoms with Crippen molar-refractivity contribution in [2.75, 3.05) is 13.7 Å². The van der Waals surface area contributed by atoms with E-state index in [-0.39, 0.29) is 18.5 Å². The molecule has 194 valence electrons. The zero-order chi connectivity index (χ0) is 26.9. The minimum atomic E-state index is -0.386. The first-order valence-corrected chi connectivity index (χ1v) is 12.2. The lowest BCUT2D eigenvalue weighted by Crippen LogP contribution is -2.18. The Morgan fingerprint density at radius 2 is 1.82 bits per heavy atom. The summed E-state index contributed by atoms with van der Waals surface area (Å²) in [6, 6.07) is 22.2. The van der Waals surface area contributed by atoms with Crippen molar-refractivity contribution in [3.63, 3.8) is 0 Å². The van der Waals surface area contributed by atoms with Crippen LogP contribution in [0.3, 0.4) is 0 Å². The SMILES string of the molecule is CCCOc1ccc(-c2cc(C(=O)N/N=C/c3ccc(OC)c(COC(C)=O)c3)c3ccccc3n2)cc1. The molecule has 38 heavy (non-hydrogen) atoms. The second-order valence-corrected chi connectivity index (χ2v) is 8.50. The molecule has 0 spiro atoms. The average Bonchev–Trinajstić information content (AvgIpc) is 2.94. The molecule has 4 aromatic rings. The summed E-state index contributed by atoms with van der Waals surface area (Å²) in [6.45, 7) is 4.13. The molecular weight excluding hydrogens is 482 g/mol. The molecule has 4 rings (SSSR count). The van der Waals surface area contributed by atoms with Crippen molar-refractivity contribution >= 4 is 29.0 Å². The monoisotopic (exact) mass is 511 g/mol. The third-order valence-corrected chi connectivity index (χ3v) is 5.70. The van der Waals surface area contributed by atoms with E-state index in [9.17, 15) is 9.59 Å². The molecule has 1 aromatic heterocycles. The maximum atomic E-state index is 13.2. The van der Waals surface area contributed by atoms with Gasteiger partial charge in [0.25, 0.3) is 5.91 Å². The first-order valence-electron chi connectivity index (χ1n) is 12.2. The molecule has 0 bridgehead atoms. The van der Waals surface area contributed by atoms with Crippen molar-refractivity contribution in [1.29, 1.82) is 0 Å². The highest BCUT2D eigenvalue weighted by Crippen LogP contribution is 2.26. The van der Waals surface area contributed by atoms with Gasteiger partial charge in [-0.1, -0.05) is 25.1 Å². The number of hydrogen-bond donors (Lipinski definition) is 1. The molecule has 0 aliphatic rings. The fourth-order valence-electron chi connectivity index (χ4n) is 3.85. The van der Waals surface area contributed by atoms with Gasteiger partial charge in [-0.25, -0.2) is 10.4 Å². The van der Waals surface area contributed by atoms with Crippen molar-refractivity contribution in [3.8, 4) is 22.8 Å². The molecule has 0 fully saturated rings. The summed E-state index contributed by atoms with van der Waals surface area (Å²) in [7, 11) is 1.54. The number of carbonyl (C=O) groups excluding carboxylic acids is 2. The Morgan fingerprint density at radius 1 is 1.03 bits per heavy atom. The number of carbonyl (C=O) groups is 2. The van der Waals surface area contributed by atoms with Gasteiger partial charge in [0.1, 0.15) is 18.1 Å². The molecule has 0 atom stereocenters. The number of aromatic nitrogens is 1. The van der Waals surface area contributed by atoms with E-state index in [1.807, 2.05) is 48.5 Å². The molecule has 8 heteroatoms. The Labute approximate surface area is 221 Å². The van der Waals surface area contributed by atoms with Gasteiger partial charge in [-0.05, 0) is 66.6 Å². The zero-order valence-corrected chi connectivity index (χ0v) is 21.6. The molecule has 1 amide bonds. The maximum absolute atomic E-state index is 13.2. The van der Waals surface area contributed by atoms with Gasteiger partial charge < -0.3 is 14.2 Å². The standard InChI is InChI=1S/C30H29N3O5/c1-4-15-37-24-12-10-22(11-13-24)28-17-26(25-7-5-6-8-27(25)32-28)30(35)33-31-18-21-9-14-29(36-3)23(16-21)19-38-20(2)34/h5-14,16-18H,4,15,19H2,1-3H3,(H,33,35)/b31-18+. The Balaban J connectivity index is 1.56. The van der Waals surface area contributed by atoms with E-state index in [1.54, 1.807) is 31.4 Å². The Morgan fingerprint density at radius 3 is 2.55 bits per heavy atom. The van der Waals surface area contributed by atoms with Crippen molar-refractivity contribution in [2.24, 2.45) is 5.10 Å². The van der Waals surface area contributed by atoms with Crippen molar-refractivity contribution in [2.45, 2.75) is 26.9 Å². The summed E-state index contributed by atoms with van der Waals surface area (Å²) in [6.07, 6.45) is 2.46. The predicted octanol–water partition coefficient (Wildman–Crippen LogP) is 5.53. The van der Waals surface area contributed by atoms with Gasteiger partial charge in [-0.3, -0.25) is 9.59 Å². The van der Waals surface area contributed by atoms with Crippen LogP contribution in [0.5, 0.6) is 11.5 Å². The summed E-state index contributed by atoms with van der Waals surface area (Å²) < 4.78 is 16.1. The van der Waals surface area contributed by atoms with Crippen LogP contribution in [0.25, 0.3) is 22.2 Å². The number of amides is 1. The average molecular weight is 512 g/mol. The summed E-state index contributed by atoms with van der Waals surface area (Å²) in [5, 5.41) is 4.87. The number of fused-ring (bicyclic) bond motifs is 1. The first kappa shape index (κ1) is 26.3. The molecule has 0 unspecified atom stereocenters. The predicted molar refractivity (Wildman–Crippen MR) is 146 cm³/mol. The maximum Gasteiger partial charge on any atom is 0.302 e. The van der Waals surface area contributed by atoms with E-state index in [0.717, 1.165) is 23.1 Å². The molecule has 0 saturated heterocycles. The van der Waals surface area contributed by atoms with Gasteiger partial charge in [0.15, 0.2) is 0 Å². The highest BCUT2D eigenvalue weighted by Gasteiger charge is 2.14. The number of rotatable bonds is 10. The van der Waals surface area contributed by atoms with Crippen LogP contribution in [-0.2, 0) is 16.1 Å². The number of benzene rings is 3. The summed E-state index contributed by atoms with van der Waals surface area (Å²) in [4.78, 5) is 29.2. The van der Waals surface area contributed by atoms with Crippen LogP contribution in [0.4, 0.5) is 0 Å². The lowest BCUT2D eigenvalue weighted by molar-refractivity contribution is -0.142. The minimum Gasteiger partial charge on any atom is -0.496 e. The van der Waals surface area contributed by atoms with Crippen LogP contribution < -0.4 is 14.9 Å². The summed E-state index contributed by atoms with van der Waals surface area (Å²) >= 11 is 0. The van der Waals surface area contributed by atoms with Crippen molar-refractivity contribution in [1.82, 2.24) is 10.4 Å². The first-order chi connectivity index (χ1) is 18.5. The molecule has 0 radical (unpaired) electrons. The largest absolute Gasteiger partial charge is 0.496 e. The number of esters is 1. The number of methoxy groups -OCH3 is 1. The van der Waals surface area contributed by atoms with Crippen LogP contribution in [0, 0.1) is 0 Å².